The highest BCUT2D eigenvalue weighted by Crippen LogP contribution is 2.34. The zero-order chi connectivity index (χ0) is 22.4. The van der Waals surface area contributed by atoms with E-state index in [1.165, 1.54) is 4.90 Å². The highest BCUT2D eigenvalue weighted by atomic mass is 19.3. The Kier molecular flexibility index (Phi) is 7.49. The van der Waals surface area contributed by atoms with E-state index >= 15 is 0 Å². The lowest BCUT2D eigenvalue weighted by molar-refractivity contribution is 0.00985. The number of benzene rings is 1. The zero-order valence-electron chi connectivity index (χ0n) is 17.1. The fraction of sp³-hybridized carbons (Fsp3) is 0.304. The molecule has 0 bridgehead atoms. The van der Waals surface area contributed by atoms with E-state index in [0.29, 0.717) is 16.8 Å². The predicted octanol–water partition coefficient (Wildman–Crippen LogP) is 3.34. The number of allylic oxidation sites excluding steroid dienone is 3. The van der Waals surface area contributed by atoms with Gasteiger partial charge in [0, 0.05) is 24.0 Å². The number of aliphatic hydroxyl groups excluding tert-OH is 1. The molecule has 8 heteroatoms. The van der Waals surface area contributed by atoms with Gasteiger partial charge in [-0.3, -0.25) is 9.78 Å². The van der Waals surface area contributed by atoms with Crippen molar-refractivity contribution in [2.75, 3.05) is 6.61 Å². The summed E-state index contributed by atoms with van der Waals surface area (Å²) in [6.45, 7) is 1.41. The molecule has 1 unspecified atom stereocenters. The van der Waals surface area contributed by atoms with Gasteiger partial charge in [0.15, 0.2) is 0 Å². The van der Waals surface area contributed by atoms with Gasteiger partial charge in [0.1, 0.15) is 18.8 Å². The molecule has 3 rings (SSSR count). The normalized spacial score (nSPS) is 16.2. The van der Waals surface area contributed by atoms with Gasteiger partial charge < -0.3 is 20.5 Å². The van der Waals surface area contributed by atoms with Gasteiger partial charge in [0.05, 0.1) is 12.3 Å². The smallest absolute Gasteiger partial charge is 0.261 e. The molecule has 0 radical (unpaired) electrons. The summed E-state index contributed by atoms with van der Waals surface area (Å²) < 4.78 is 29.6. The van der Waals surface area contributed by atoms with E-state index < -0.39 is 25.2 Å². The summed E-state index contributed by atoms with van der Waals surface area (Å²) in [7, 11) is 0. The highest BCUT2D eigenvalue weighted by Gasteiger charge is 2.38. The molecule has 0 saturated carbocycles. The number of nitrogens with zero attached hydrogens (tertiary/aromatic N) is 2. The maximum atomic E-state index is 13.2. The maximum Gasteiger partial charge on any atom is 0.261 e. The second kappa shape index (κ2) is 10.3. The fourth-order valence-corrected chi connectivity index (χ4v) is 3.48. The first-order valence-electron chi connectivity index (χ1n) is 9.88. The van der Waals surface area contributed by atoms with Crippen molar-refractivity contribution in [1.82, 2.24) is 9.88 Å². The number of rotatable bonds is 9. The van der Waals surface area contributed by atoms with E-state index in [0.717, 1.165) is 5.56 Å². The van der Waals surface area contributed by atoms with Gasteiger partial charge in [-0.25, -0.2) is 8.78 Å². The Balaban J connectivity index is 1.88. The Bertz CT molecular complexity index is 964. The van der Waals surface area contributed by atoms with Crippen LogP contribution >= 0.6 is 0 Å². The van der Waals surface area contributed by atoms with Crippen molar-refractivity contribution in [2.45, 2.75) is 38.6 Å². The molecule has 0 aliphatic carbocycles. The summed E-state index contributed by atoms with van der Waals surface area (Å²) >= 11 is 0. The summed E-state index contributed by atoms with van der Waals surface area (Å²) in [6.07, 6.45) is 2.95. The molecular weight excluding hydrogens is 404 g/mol. The topological polar surface area (TPSA) is 88.7 Å². The van der Waals surface area contributed by atoms with Crippen LogP contribution in [0.1, 0.15) is 40.1 Å². The van der Waals surface area contributed by atoms with Crippen LogP contribution in [0, 0.1) is 0 Å². The quantitative estimate of drug-likeness (QED) is 0.597. The van der Waals surface area contributed by atoms with Crippen LogP contribution in [0.3, 0.4) is 0 Å². The van der Waals surface area contributed by atoms with Crippen molar-refractivity contribution >= 4 is 5.91 Å². The number of alkyl halides is 2. The molecule has 2 atom stereocenters. The number of hydrogen-bond donors (Lipinski definition) is 2. The number of pyridine rings is 1. The third-order valence-corrected chi connectivity index (χ3v) is 4.97. The Morgan fingerprint density at radius 1 is 1.35 bits per heavy atom. The number of carbonyl (C=O) groups is 1. The van der Waals surface area contributed by atoms with Crippen LogP contribution in [0.4, 0.5) is 8.78 Å². The summed E-state index contributed by atoms with van der Waals surface area (Å²) in [6, 6.07) is 9.63. The van der Waals surface area contributed by atoms with Crippen molar-refractivity contribution in [3.8, 4) is 0 Å². The van der Waals surface area contributed by atoms with Crippen LogP contribution in [0.15, 0.2) is 66.5 Å². The molecular formula is C23H25F2N3O3. The molecule has 2 aromatic rings. The Morgan fingerprint density at radius 2 is 2.16 bits per heavy atom. The number of hydrogen-bond acceptors (Lipinski definition) is 5. The molecule has 0 spiro atoms. The maximum absolute atomic E-state index is 13.2. The van der Waals surface area contributed by atoms with Crippen molar-refractivity contribution in [3.63, 3.8) is 0 Å². The number of fused-ring (bicyclic) bond motifs is 1. The minimum absolute atomic E-state index is 0.0176. The van der Waals surface area contributed by atoms with Crippen LogP contribution in [0.5, 0.6) is 0 Å². The van der Waals surface area contributed by atoms with Gasteiger partial charge in [-0.1, -0.05) is 30.4 Å². The molecule has 31 heavy (non-hydrogen) atoms. The lowest BCUT2D eigenvalue weighted by atomic mass is 10.0. The first-order valence-corrected chi connectivity index (χ1v) is 9.88. The number of aromatic nitrogens is 1. The molecule has 0 saturated heterocycles. The Morgan fingerprint density at radius 3 is 2.84 bits per heavy atom. The summed E-state index contributed by atoms with van der Waals surface area (Å²) in [5.74, 6) is -0.292. The number of ether oxygens (including phenoxy) is 1. The average molecular weight is 429 g/mol. The van der Waals surface area contributed by atoms with Crippen LogP contribution < -0.4 is 5.73 Å². The van der Waals surface area contributed by atoms with Crippen LogP contribution in [-0.4, -0.2) is 40.0 Å². The summed E-state index contributed by atoms with van der Waals surface area (Å²) in [5.41, 5.74) is 8.63. The molecule has 1 aliphatic heterocycles. The number of halogens is 2. The monoisotopic (exact) mass is 429 g/mol. The minimum Gasteiger partial charge on any atom is -0.400 e. The SMILES string of the molecule is C/C=C\C=C(/N)[C@@H](O)C(c1ccccn1)N1Cc2ccc(COCC(F)F)cc2C1=O. The first kappa shape index (κ1) is 22.6. The molecule has 0 fully saturated rings. The van der Waals surface area contributed by atoms with Crippen molar-refractivity contribution < 1.29 is 23.4 Å². The van der Waals surface area contributed by atoms with E-state index in [1.807, 2.05) is 6.92 Å². The zero-order valence-corrected chi connectivity index (χ0v) is 17.1. The lowest BCUT2D eigenvalue weighted by Crippen LogP contribution is -2.39. The molecule has 1 aromatic carbocycles. The van der Waals surface area contributed by atoms with E-state index in [9.17, 15) is 18.7 Å². The highest BCUT2D eigenvalue weighted by molar-refractivity contribution is 5.98. The third-order valence-electron chi connectivity index (χ3n) is 4.97. The number of amides is 1. The molecule has 1 aliphatic rings. The van der Waals surface area contributed by atoms with Gasteiger partial charge in [0.2, 0.25) is 0 Å². The van der Waals surface area contributed by atoms with E-state index in [4.69, 9.17) is 10.5 Å². The van der Waals surface area contributed by atoms with Crippen LogP contribution in [-0.2, 0) is 17.9 Å². The van der Waals surface area contributed by atoms with Crippen LogP contribution in [0.2, 0.25) is 0 Å². The second-order valence-corrected chi connectivity index (χ2v) is 7.17. The molecule has 3 N–H and O–H groups in total. The van der Waals surface area contributed by atoms with E-state index in [-0.39, 0.29) is 24.8 Å². The van der Waals surface area contributed by atoms with E-state index in [1.54, 1.807) is 60.8 Å². The van der Waals surface area contributed by atoms with Gasteiger partial charge in [0.25, 0.3) is 12.3 Å². The second-order valence-electron chi connectivity index (χ2n) is 7.17. The van der Waals surface area contributed by atoms with Crippen LogP contribution in [0.25, 0.3) is 0 Å². The number of carbonyl (C=O) groups excluding carboxylic acids is 1. The Hall–Kier alpha value is -3.10. The van der Waals surface area contributed by atoms with Gasteiger partial charge in [-0.15, -0.1) is 0 Å². The standard InChI is InChI=1S/C23H25F2N3O3/c1-2-3-6-18(26)22(29)21(19-7-4-5-10-27-19)28-12-16-9-8-15(11-17(16)23(28)30)13-31-14-20(24)25/h2-11,20-22,29H,12-14,26H2,1H3/b3-2-,18-6-/t21?,22-/m1/s1. The molecule has 1 aromatic heterocycles. The minimum atomic E-state index is -2.55. The molecule has 164 valence electrons. The molecule has 1 amide bonds. The third kappa shape index (κ3) is 5.34. The van der Waals surface area contributed by atoms with Crippen molar-refractivity contribution in [1.29, 1.82) is 0 Å². The summed E-state index contributed by atoms with van der Waals surface area (Å²) in [5, 5.41) is 11.0. The van der Waals surface area contributed by atoms with Crippen molar-refractivity contribution in [3.05, 3.63) is 88.9 Å². The lowest BCUT2D eigenvalue weighted by Gasteiger charge is -2.31. The van der Waals surface area contributed by atoms with E-state index in [2.05, 4.69) is 4.98 Å². The predicted molar refractivity (Wildman–Crippen MR) is 112 cm³/mol. The van der Waals surface area contributed by atoms with Gasteiger partial charge >= 0.3 is 0 Å². The fourth-order valence-electron chi connectivity index (χ4n) is 3.48. The van der Waals surface area contributed by atoms with Crippen molar-refractivity contribution in [2.24, 2.45) is 5.73 Å². The summed E-state index contributed by atoms with van der Waals surface area (Å²) in [4.78, 5) is 19.1. The number of aliphatic hydroxyl groups is 1. The average Bonchev–Trinajstić information content (AvgIpc) is 3.08. The largest absolute Gasteiger partial charge is 0.400 e. The molecule has 2 heterocycles. The molecule has 6 nitrogen and oxygen atoms in total. The first-order chi connectivity index (χ1) is 14.9. The Labute approximate surface area is 179 Å². The number of nitrogens with two attached hydrogens (primary N) is 1. The van der Waals surface area contributed by atoms with Gasteiger partial charge in [-0.2, -0.15) is 0 Å². The van der Waals surface area contributed by atoms with Gasteiger partial charge in [-0.05, 0) is 42.3 Å².